The van der Waals surface area contributed by atoms with Crippen molar-refractivity contribution in [1.82, 2.24) is 15.7 Å². The Morgan fingerprint density at radius 1 is 0.939 bits per heavy atom. The van der Waals surface area contributed by atoms with Crippen LogP contribution >= 0.6 is 0 Å². The first-order valence-electron chi connectivity index (χ1n) is 17.5. The Balaban J connectivity index is 1.09. The molecule has 0 unspecified atom stereocenters. The Bertz CT molecular complexity index is 1630. The van der Waals surface area contributed by atoms with E-state index in [0.717, 1.165) is 42.4 Å². The lowest BCUT2D eigenvalue weighted by atomic mass is 9.62. The lowest BCUT2D eigenvalue weighted by molar-refractivity contribution is -0.235. The molecule has 260 valence electrons. The van der Waals surface area contributed by atoms with Crippen LogP contribution in [0.1, 0.15) is 55.2 Å². The highest BCUT2D eigenvalue weighted by Gasteiger charge is 2.78. The van der Waals surface area contributed by atoms with Crippen LogP contribution < -0.4 is 10.6 Å². The topological polar surface area (TPSA) is 156 Å². The molecule has 0 radical (unpaired) electrons. The van der Waals surface area contributed by atoms with Crippen LogP contribution in [0.2, 0.25) is 0 Å². The number of aliphatic hydroxyl groups is 1. The fourth-order valence-corrected chi connectivity index (χ4v) is 8.41. The maximum atomic E-state index is 14.4. The molecule has 2 bridgehead atoms. The quantitative estimate of drug-likeness (QED) is 0.233. The Kier molecular flexibility index (Phi) is 8.48. The number of hydrogen-bond acceptors (Lipinski definition) is 10. The molecule has 3 saturated carbocycles. The number of esters is 1. The van der Waals surface area contributed by atoms with Crippen molar-refractivity contribution in [2.75, 3.05) is 19.7 Å². The molecule has 12 heteroatoms. The average Bonchev–Trinajstić information content (AvgIpc) is 4.04. The Hall–Kier alpha value is -3.81. The molecule has 3 aliphatic carbocycles. The van der Waals surface area contributed by atoms with E-state index in [-0.39, 0.29) is 68.5 Å². The number of allylic oxidation sites excluding steroid dienone is 1. The third-order valence-corrected chi connectivity index (χ3v) is 11.0. The second-order valence-corrected chi connectivity index (χ2v) is 14.2. The average molecular weight is 674 g/mol. The normalized spacial score (nSPS) is 31.4. The predicted molar refractivity (Wildman–Crippen MR) is 174 cm³/mol. The molecule has 4 N–H and O–H groups in total. The molecule has 8 rings (SSSR count). The Morgan fingerprint density at radius 3 is 2.39 bits per heavy atom. The highest BCUT2D eigenvalue weighted by atomic mass is 16.8. The van der Waals surface area contributed by atoms with Gasteiger partial charge in [0.15, 0.2) is 11.8 Å². The summed E-state index contributed by atoms with van der Waals surface area (Å²) in [6.07, 6.45) is 6.13. The maximum Gasteiger partial charge on any atom is 0.327 e. The van der Waals surface area contributed by atoms with Crippen molar-refractivity contribution >= 4 is 23.9 Å². The van der Waals surface area contributed by atoms with Crippen LogP contribution in [0.3, 0.4) is 0 Å². The highest BCUT2D eigenvalue weighted by Crippen LogP contribution is 2.63. The monoisotopic (exact) mass is 673 g/mol. The number of aliphatic hydroxyl groups excluding tert-OH is 1. The molecule has 49 heavy (non-hydrogen) atoms. The van der Waals surface area contributed by atoms with Crippen molar-refractivity contribution < 1.29 is 43.6 Å². The molecule has 3 aliphatic heterocycles. The van der Waals surface area contributed by atoms with Crippen LogP contribution in [0, 0.1) is 17.3 Å². The summed E-state index contributed by atoms with van der Waals surface area (Å²) in [4.78, 5) is 47.4. The van der Waals surface area contributed by atoms with Crippen molar-refractivity contribution in [2.45, 2.75) is 87.7 Å². The molecule has 3 heterocycles. The number of para-hydroxylation sites is 1. The number of phenolic OH excluding ortho intramolecular Hbond substituents is 1. The zero-order valence-corrected chi connectivity index (χ0v) is 27.3. The third-order valence-electron chi connectivity index (χ3n) is 11.0. The van der Waals surface area contributed by atoms with Crippen LogP contribution in [-0.4, -0.2) is 89.0 Å². The van der Waals surface area contributed by atoms with E-state index in [9.17, 15) is 19.5 Å². The molecule has 0 spiro atoms. The van der Waals surface area contributed by atoms with Gasteiger partial charge in [-0.05, 0) is 54.9 Å². The fourth-order valence-electron chi connectivity index (χ4n) is 8.41. The number of fused-ring (bicyclic) bond motifs is 4. The Labute approximate surface area is 284 Å². The van der Waals surface area contributed by atoms with E-state index in [1.165, 1.54) is 0 Å². The maximum absolute atomic E-state index is 14.4. The number of ether oxygens (including phenoxy) is 3. The number of nitrogens with one attached hydrogen (secondary N) is 2. The summed E-state index contributed by atoms with van der Waals surface area (Å²) in [5.74, 6) is -1.19. The van der Waals surface area contributed by atoms with Crippen molar-refractivity contribution in [3.8, 4) is 5.75 Å². The lowest BCUT2D eigenvalue weighted by Crippen LogP contribution is -2.69. The van der Waals surface area contributed by atoms with E-state index in [0.29, 0.717) is 6.42 Å². The van der Waals surface area contributed by atoms with E-state index in [1.54, 1.807) is 17.2 Å². The number of carbonyl (C=O) groups is 3. The summed E-state index contributed by atoms with van der Waals surface area (Å²) >= 11 is 0. The third kappa shape index (κ3) is 5.73. The first kappa shape index (κ1) is 32.4. The van der Waals surface area contributed by atoms with Crippen LogP contribution in [0.5, 0.6) is 5.75 Å². The molecule has 12 nitrogen and oxygen atoms in total. The van der Waals surface area contributed by atoms with Gasteiger partial charge < -0.3 is 35.1 Å². The van der Waals surface area contributed by atoms with E-state index >= 15 is 0 Å². The number of hydroxylamine groups is 2. The molecule has 3 saturated heterocycles. The van der Waals surface area contributed by atoms with Crippen molar-refractivity contribution in [1.29, 1.82) is 0 Å². The van der Waals surface area contributed by atoms with Gasteiger partial charge in [-0.3, -0.25) is 19.2 Å². The van der Waals surface area contributed by atoms with E-state index in [4.69, 9.17) is 24.2 Å². The molecule has 6 aliphatic rings. The predicted octanol–water partition coefficient (Wildman–Crippen LogP) is 2.36. The standard InChI is InChI=1S/C37H43N3O9/c41-19-18-38-29(43)16-17-39-35(45)36-20-28-30-31(48-37(47-30,25-12-13-25)26-14-15-26)33(36)49-40(32(36)34(44)46-28)21-24-8-2-1-6-22(24)9-5-10-23-7-3-4-11-27(23)42/h1-9,11,25-26,28,30-33,41-42H,10,12-21H2,(H,38,43)(H,39,45)/t28-,30+,31+,32+,33-,36+/m1/s1. The molecule has 2 amide bonds. The summed E-state index contributed by atoms with van der Waals surface area (Å²) in [6.45, 7) is 0.212. The number of rotatable bonds is 13. The van der Waals surface area contributed by atoms with Crippen LogP contribution in [-0.2, 0) is 46.4 Å². The van der Waals surface area contributed by atoms with Gasteiger partial charge in [-0.25, -0.2) is 0 Å². The van der Waals surface area contributed by atoms with Crippen LogP contribution in [0.25, 0.3) is 6.08 Å². The zero-order chi connectivity index (χ0) is 33.8. The Morgan fingerprint density at radius 2 is 1.65 bits per heavy atom. The van der Waals surface area contributed by atoms with Gasteiger partial charge in [-0.1, -0.05) is 54.6 Å². The van der Waals surface area contributed by atoms with Gasteiger partial charge in [0.25, 0.3) is 0 Å². The summed E-state index contributed by atoms with van der Waals surface area (Å²) in [5, 5.41) is 26.4. The minimum Gasteiger partial charge on any atom is -0.508 e. The van der Waals surface area contributed by atoms with Gasteiger partial charge in [-0.2, -0.15) is 5.06 Å². The highest BCUT2D eigenvalue weighted by molar-refractivity contribution is 5.94. The molecular formula is C37H43N3O9. The van der Waals surface area contributed by atoms with Gasteiger partial charge in [-0.15, -0.1) is 0 Å². The number of phenols is 1. The molecule has 2 aromatic rings. The number of aromatic hydroxyl groups is 1. The molecule has 0 aromatic heterocycles. The largest absolute Gasteiger partial charge is 0.508 e. The van der Waals surface area contributed by atoms with E-state index < -0.39 is 47.6 Å². The summed E-state index contributed by atoms with van der Waals surface area (Å²) < 4.78 is 19.8. The van der Waals surface area contributed by atoms with Crippen molar-refractivity contribution in [2.24, 2.45) is 17.3 Å². The smallest absolute Gasteiger partial charge is 0.327 e. The van der Waals surface area contributed by atoms with Crippen LogP contribution in [0.4, 0.5) is 0 Å². The van der Waals surface area contributed by atoms with Crippen LogP contribution in [0.15, 0.2) is 54.6 Å². The van der Waals surface area contributed by atoms with Gasteiger partial charge >= 0.3 is 5.97 Å². The second-order valence-electron chi connectivity index (χ2n) is 14.2. The van der Waals surface area contributed by atoms with E-state index in [2.05, 4.69) is 10.6 Å². The molecular weight excluding hydrogens is 630 g/mol. The lowest BCUT2D eigenvalue weighted by Gasteiger charge is -2.48. The number of benzene rings is 2. The summed E-state index contributed by atoms with van der Waals surface area (Å²) in [6, 6.07) is 14.0. The minimum atomic E-state index is -1.33. The van der Waals surface area contributed by atoms with Gasteiger partial charge in [0.2, 0.25) is 11.8 Å². The number of carbonyl (C=O) groups excluding carboxylic acids is 3. The van der Waals surface area contributed by atoms with Gasteiger partial charge in [0.05, 0.1) is 13.2 Å². The summed E-state index contributed by atoms with van der Waals surface area (Å²) in [7, 11) is 0. The molecule has 2 aromatic carbocycles. The summed E-state index contributed by atoms with van der Waals surface area (Å²) in [5.41, 5.74) is 1.27. The fraction of sp³-hybridized carbons (Fsp3) is 0.541. The van der Waals surface area contributed by atoms with Gasteiger partial charge in [0.1, 0.15) is 35.6 Å². The van der Waals surface area contributed by atoms with Gasteiger partial charge in [0, 0.05) is 37.8 Å². The van der Waals surface area contributed by atoms with E-state index in [1.807, 2.05) is 48.6 Å². The second kappa shape index (κ2) is 12.8. The number of hydrogen-bond donors (Lipinski definition) is 4. The minimum absolute atomic E-state index is 0.0220. The molecule has 6 fully saturated rings. The van der Waals surface area contributed by atoms with Crippen molar-refractivity contribution in [3.05, 3.63) is 71.3 Å². The molecule has 6 atom stereocenters. The zero-order valence-electron chi connectivity index (χ0n) is 27.3. The number of amides is 2. The first-order chi connectivity index (χ1) is 23.8. The SMILES string of the molecule is O=C(CCNC(=O)[C@@]12C[C@H]3OC(=O)[C@@H]1N(Cc1ccccc1C=CCc1ccccc1O)O[C@@H]2[C@H]1OC(C2CC2)(C2CC2)O[C@H]13)NCCO. The first-order valence-corrected chi connectivity index (χ1v) is 17.5. The van der Waals surface area contributed by atoms with Crippen molar-refractivity contribution in [3.63, 3.8) is 0 Å². The number of nitrogens with zero attached hydrogens (tertiary/aromatic N) is 1.